The summed E-state index contributed by atoms with van der Waals surface area (Å²) in [5.74, 6) is -0.555. The highest BCUT2D eigenvalue weighted by atomic mass is 32.2. The Morgan fingerprint density at radius 2 is 1.78 bits per heavy atom. The number of hydrogen-bond acceptors (Lipinski definition) is 5. The van der Waals surface area contributed by atoms with Crippen molar-refractivity contribution in [2.75, 3.05) is 26.3 Å². The molecule has 23 heavy (non-hydrogen) atoms. The molecule has 1 aromatic heterocycles. The van der Waals surface area contributed by atoms with Crippen molar-refractivity contribution in [3.05, 3.63) is 23.6 Å². The van der Waals surface area contributed by atoms with Crippen LogP contribution in [0.3, 0.4) is 0 Å². The Kier molecular flexibility index (Phi) is 3.99. The summed E-state index contributed by atoms with van der Waals surface area (Å²) in [6, 6.07) is 2.25. The summed E-state index contributed by atoms with van der Waals surface area (Å²) in [5, 5.41) is 19.5. The molecule has 0 unspecified atom stereocenters. The zero-order valence-electron chi connectivity index (χ0n) is 13.0. The van der Waals surface area contributed by atoms with Crippen molar-refractivity contribution in [2.24, 2.45) is 10.8 Å². The third kappa shape index (κ3) is 2.31. The quantitative estimate of drug-likeness (QED) is 0.838. The molecule has 1 aromatic rings. The molecule has 2 atom stereocenters. The molecular formula is C15H21FN2O4S. The van der Waals surface area contributed by atoms with E-state index in [9.17, 15) is 23.0 Å². The largest absolute Gasteiger partial charge is 0.396 e. The summed E-state index contributed by atoms with van der Waals surface area (Å²) in [7, 11) is -3.88. The maximum atomic E-state index is 13.3. The molecule has 3 rings (SSSR count). The lowest BCUT2D eigenvalue weighted by molar-refractivity contribution is 0.00976. The normalized spacial score (nSPS) is 31.5. The molecule has 0 bridgehead atoms. The van der Waals surface area contributed by atoms with Gasteiger partial charge in [-0.25, -0.2) is 17.8 Å². The number of halogens is 1. The lowest BCUT2D eigenvalue weighted by Gasteiger charge is -2.36. The zero-order chi connectivity index (χ0) is 16.9. The van der Waals surface area contributed by atoms with Gasteiger partial charge in [0.05, 0.1) is 18.9 Å². The number of aliphatic hydroxyl groups excluding tert-OH is 2. The maximum Gasteiger partial charge on any atom is 0.260 e. The first kappa shape index (κ1) is 16.8. The Bertz CT molecular complexity index is 706. The van der Waals surface area contributed by atoms with Crippen molar-refractivity contribution in [3.8, 4) is 0 Å². The van der Waals surface area contributed by atoms with Gasteiger partial charge in [0.2, 0.25) is 0 Å². The van der Waals surface area contributed by atoms with E-state index >= 15 is 0 Å². The van der Waals surface area contributed by atoms with E-state index in [2.05, 4.69) is 4.98 Å². The molecule has 1 saturated heterocycles. The predicted molar refractivity (Wildman–Crippen MR) is 80.6 cm³/mol. The van der Waals surface area contributed by atoms with Gasteiger partial charge < -0.3 is 10.2 Å². The average Bonchev–Trinajstić information content (AvgIpc) is 3.03. The van der Waals surface area contributed by atoms with E-state index < -0.39 is 26.7 Å². The number of rotatable bonds is 4. The number of sulfonamides is 1. The predicted octanol–water partition coefficient (Wildman–Crippen LogP) is 0.675. The number of fused-ring (bicyclic) bond motifs is 1. The van der Waals surface area contributed by atoms with E-state index in [0.29, 0.717) is 12.8 Å². The molecule has 0 aromatic carbocycles. The van der Waals surface area contributed by atoms with E-state index in [1.165, 1.54) is 11.2 Å². The van der Waals surface area contributed by atoms with E-state index in [0.717, 1.165) is 18.6 Å². The summed E-state index contributed by atoms with van der Waals surface area (Å²) < 4.78 is 40.3. The van der Waals surface area contributed by atoms with E-state index in [1.54, 1.807) is 0 Å². The first-order valence-corrected chi connectivity index (χ1v) is 9.09. The monoisotopic (exact) mass is 344 g/mol. The molecule has 2 aliphatic rings. The van der Waals surface area contributed by atoms with Gasteiger partial charge in [-0.1, -0.05) is 6.42 Å². The van der Waals surface area contributed by atoms with Gasteiger partial charge in [0, 0.05) is 23.9 Å². The third-order valence-corrected chi connectivity index (χ3v) is 7.29. The second kappa shape index (κ2) is 5.47. The number of hydrogen-bond donors (Lipinski definition) is 2. The van der Waals surface area contributed by atoms with Crippen LogP contribution >= 0.6 is 0 Å². The van der Waals surface area contributed by atoms with Gasteiger partial charge >= 0.3 is 0 Å². The molecule has 128 valence electrons. The lowest BCUT2D eigenvalue weighted by atomic mass is 9.69. The summed E-state index contributed by atoms with van der Waals surface area (Å²) in [6.07, 6.45) is 2.24. The SMILES string of the molecule is Cc1nc(S(=O)(=O)N2C[C@]3(CO)CCC[C@]3(CO)C2)ccc1F. The molecule has 0 amide bonds. The minimum atomic E-state index is -3.88. The fourth-order valence-corrected chi connectivity index (χ4v) is 5.67. The fourth-order valence-electron chi connectivity index (χ4n) is 4.08. The van der Waals surface area contributed by atoms with Crippen LogP contribution in [0.1, 0.15) is 25.0 Å². The fraction of sp³-hybridized carbons (Fsp3) is 0.667. The van der Waals surface area contributed by atoms with Crippen molar-refractivity contribution in [3.63, 3.8) is 0 Å². The molecule has 2 N–H and O–H groups in total. The van der Waals surface area contributed by atoms with Gasteiger partial charge in [-0.2, -0.15) is 4.31 Å². The molecule has 1 saturated carbocycles. The number of aromatic nitrogens is 1. The Morgan fingerprint density at radius 3 is 2.26 bits per heavy atom. The minimum Gasteiger partial charge on any atom is -0.396 e. The average molecular weight is 344 g/mol. The van der Waals surface area contributed by atoms with E-state index in [4.69, 9.17) is 0 Å². The number of pyridine rings is 1. The van der Waals surface area contributed by atoms with Crippen molar-refractivity contribution < 1.29 is 23.0 Å². The summed E-state index contributed by atoms with van der Waals surface area (Å²) >= 11 is 0. The van der Waals surface area contributed by atoms with Crippen molar-refractivity contribution >= 4 is 10.0 Å². The van der Waals surface area contributed by atoms with Gasteiger partial charge in [-0.05, 0) is 31.9 Å². The number of aryl methyl sites for hydroxylation is 1. The molecule has 6 nitrogen and oxygen atoms in total. The third-order valence-electron chi connectivity index (χ3n) is 5.60. The molecule has 8 heteroatoms. The van der Waals surface area contributed by atoms with Gasteiger partial charge in [0.1, 0.15) is 5.82 Å². The van der Waals surface area contributed by atoms with Crippen LogP contribution in [0, 0.1) is 23.6 Å². The van der Waals surface area contributed by atoms with Crippen molar-refractivity contribution in [1.29, 1.82) is 0 Å². The van der Waals surface area contributed by atoms with Crippen LogP contribution in [-0.4, -0.2) is 54.2 Å². The first-order chi connectivity index (χ1) is 10.8. The molecule has 0 radical (unpaired) electrons. The van der Waals surface area contributed by atoms with Crippen LogP contribution < -0.4 is 0 Å². The van der Waals surface area contributed by atoms with Crippen molar-refractivity contribution in [1.82, 2.24) is 9.29 Å². The van der Waals surface area contributed by atoms with Crippen LogP contribution in [0.2, 0.25) is 0 Å². The van der Waals surface area contributed by atoms with E-state index in [-0.39, 0.29) is 37.0 Å². The van der Waals surface area contributed by atoms with Crippen LogP contribution in [0.4, 0.5) is 4.39 Å². The van der Waals surface area contributed by atoms with Gasteiger partial charge in [0.15, 0.2) is 5.03 Å². The summed E-state index contributed by atoms with van der Waals surface area (Å²) in [5.41, 5.74) is -1.19. The first-order valence-electron chi connectivity index (χ1n) is 7.65. The van der Waals surface area contributed by atoms with Crippen LogP contribution in [0.5, 0.6) is 0 Å². The second-order valence-electron chi connectivity index (χ2n) is 6.72. The minimum absolute atomic E-state index is 0.0270. The standard InChI is InChI=1S/C15H21FN2O4S/c1-11-12(16)3-4-13(17-11)23(21,22)18-7-14(9-19)5-2-6-15(14,8-18)10-20/h3-4,19-20H,2,5-10H2,1H3/t14-,15+. The molecule has 0 spiro atoms. The van der Waals surface area contributed by atoms with Gasteiger partial charge in [-0.3, -0.25) is 0 Å². The highest BCUT2D eigenvalue weighted by Crippen LogP contribution is 2.58. The molecular weight excluding hydrogens is 323 g/mol. The molecule has 1 aliphatic carbocycles. The summed E-state index contributed by atoms with van der Waals surface area (Å²) in [6.45, 7) is 1.41. The highest BCUT2D eigenvalue weighted by molar-refractivity contribution is 7.89. The smallest absolute Gasteiger partial charge is 0.260 e. The Hall–Kier alpha value is -1.09. The Balaban J connectivity index is 1.98. The highest BCUT2D eigenvalue weighted by Gasteiger charge is 2.61. The summed E-state index contributed by atoms with van der Waals surface area (Å²) in [4.78, 5) is 3.85. The van der Waals surface area contributed by atoms with Crippen LogP contribution in [-0.2, 0) is 10.0 Å². The Labute approximate surface area is 135 Å². The molecule has 2 heterocycles. The van der Waals surface area contributed by atoms with Crippen molar-refractivity contribution in [2.45, 2.75) is 31.2 Å². The number of nitrogens with zero attached hydrogens (tertiary/aromatic N) is 2. The molecule has 2 fully saturated rings. The molecule has 1 aliphatic heterocycles. The van der Waals surface area contributed by atoms with Crippen LogP contribution in [0.15, 0.2) is 17.2 Å². The van der Waals surface area contributed by atoms with Gasteiger partial charge in [0.25, 0.3) is 10.0 Å². The lowest BCUT2D eigenvalue weighted by Crippen LogP contribution is -2.41. The van der Waals surface area contributed by atoms with Gasteiger partial charge in [-0.15, -0.1) is 0 Å². The maximum absolute atomic E-state index is 13.3. The number of aliphatic hydroxyl groups is 2. The topological polar surface area (TPSA) is 90.7 Å². The second-order valence-corrected chi connectivity index (χ2v) is 8.61. The van der Waals surface area contributed by atoms with Crippen LogP contribution in [0.25, 0.3) is 0 Å². The van der Waals surface area contributed by atoms with E-state index in [1.807, 2.05) is 0 Å². The zero-order valence-corrected chi connectivity index (χ0v) is 13.8. The Morgan fingerprint density at radius 1 is 1.22 bits per heavy atom.